The number of hydrogen-bond donors (Lipinski definition) is 2. The summed E-state index contributed by atoms with van der Waals surface area (Å²) in [5.41, 5.74) is 1.14. The van der Waals surface area contributed by atoms with Crippen molar-refractivity contribution in [2.75, 3.05) is 30.0 Å². The molecule has 9 heteroatoms. The minimum Gasteiger partial charge on any atom is -0.379 e. The quantitative estimate of drug-likeness (QED) is 0.700. The lowest BCUT2D eigenvalue weighted by atomic mass is 9.83. The van der Waals surface area contributed by atoms with Crippen molar-refractivity contribution in [1.82, 2.24) is 15.3 Å². The van der Waals surface area contributed by atoms with Crippen molar-refractivity contribution >= 4 is 29.1 Å². The van der Waals surface area contributed by atoms with E-state index in [2.05, 4.69) is 26.7 Å². The van der Waals surface area contributed by atoms with Gasteiger partial charge in [-0.05, 0) is 56.2 Å². The number of pyridine rings is 2. The maximum atomic E-state index is 13.1. The Morgan fingerprint density at radius 2 is 2.09 bits per heavy atom. The predicted molar refractivity (Wildman–Crippen MR) is 121 cm³/mol. The first kappa shape index (κ1) is 21.3. The van der Waals surface area contributed by atoms with Gasteiger partial charge in [0.05, 0.1) is 24.3 Å². The topological polar surface area (TPSA) is 120 Å². The number of carbonyl (C=O) groups excluding carboxylic acids is 2. The van der Waals surface area contributed by atoms with Crippen LogP contribution in [0.4, 0.5) is 17.3 Å². The highest BCUT2D eigenvalue weighted by Crippen LogP contribution is 2.51. The van der Waals surface area contributed by atoms with Gasteiger partial charge in [0.25, 0.3) is 5.91 Å². The Bertz CT molecular complexity index is 1140. The Balaban J connectivity index is 1.29. The summed E-state index contributed by atoms with van der Waals surface area (Å²) in [5, 5.41) is 15.8. The lowest BCUT2D eigenvalue weighted by molar-refractivity contribution is -0.123. The largest absolute Gasteiger partial charge is 0.379 e. The summed E-state index contributed by atoms with van der Waals surface area (Å²) in [6, 6.07) is 7.71. The molecule has 2 N–H and O–H groups in total. The smallest absolute Gasteiger partial charge is 0.253 e. The molecule has 5 rings (SSSR count). The van der Waals surface area contributed by atoms with Crippen LogP contribution in [0.2, 0.25) is 0 Å². The minimum atomic E-state index is -0.878. The third-order valence-electron chi connectivity index (χ3n) is 6.76. The van der Waals surface area contributed by atoms with Crippen LogP contribution in [0.3, 0.4) is 0 Å². The van der Waals surface area contributed by atoms with Crippen molar-refractivity contribution in [3.05, 3.63) is 41.7 Å². The highest BCUT2D eigenvalue weighted by atomic mass is 16.5. The number of anilines is 3. The monoisotopic (exact) mass is 446 g/mol. The molecule has 4 heterocycles. The number of nitrogens with zero attached hydrogens (tertiary/aromatic N) is 4. The normalized spacial score (nSPS) is 24.5. The van der Waals surface area contributed by atoms with Gasteiger partial charge in [0, 0.05) is 37.3 Å². The van der Waals surface area contributed by atoms with Crippen LogP contribution in [0.25, 0.3) is 0 Å². The Labute approximate surface area is 192 Å². The molecule has 0 aromatic carbocycles. The number of ether oxygens (including phenoxy) is 1. The molecule has 3 fully saturated rings. The van der Waals surface area contributed by atoms with Crippen LogP contribution >= 0.6 is 0 Å². The van der Waals surface area contributed by atoms with E-state index in [0.29, 0.717) is 49.1 Å². The van der Waals surface area contributed by atoms with E-state index >= 15 is 0 Å². The van der Waals surface area contributed by atoms with Crippen LogP contribution in [0.1, 0.15) is 41.6 Å². The van der Waals surface area contributed by atoms with Gasteiger partial charge in [0.15, 0.2) is 0 Å². The van der Waals surface area contributed by atoms with E-state index in [-0.39, 0.29) is 23.8 Å². The molecule has 170 valence electrons. The first-order valence-corrected chi connectivity index (χ1v) is 11.3. The predicted octanol–water partition coefficient (Wildman–Crippen LogP) is 2.70. The van der Waals surface area contributed by atoms with Crippen molar-refractivity contribution in [3.63, 3.8) is 0 Å². The maximum Gasteiger partial charge on any atom is 0.253 e. The fraction of sp³-hybridized carbons (Fsp3) is 0.458. The van der Waals surface area contributed by atoms with Crippen LogP contribution in [0.5, 0.6) is 0 Å². The highest BCUT2D eigenvalue weighted by molar-refractivity contribution is 6.02. The average Bonchev–Trinajstić information content (AvgIpc) is 3.43. The third kappa shape index (κ3) is 4.02. The number of amides is 2. The molecule has 0 spiro atoms. The summed E-state index contributed by atoms with van der Waals surface area (Å²) in [6.45, 7) is 3.59. The Hall–Kier alpha value is -3.51. The fourth-order valence-corrected chi connectivity index (χ4v) is 4.69. The second-order valence-electron chi connectivity index (χ2n) is 9.01. The van der Waals surface area contributed by atoms with E-state index < -0.39 is 5.41 Å². The first-order valence-electron chi connectivity index (χ1n) is 11.3. The molecule has 1 aliphatic carbocycles. The number of carbonyl (C=O) groups is 2. The van der Waals surface area contributed by atoms with Crippen LogP contribution in [0, 0.1) is 29.6 Å². The number of rotatable bonds is 6. The lowest BCUT2D eigenvalue weighted by Crippen LogP contribution is -2.35. The van der Waals surface area contributed by atoms with Gasteiger partial charge in [0.1, 0.15) is 17.1 Å². The molecule has 0 bridgehead atoms. The van der Waals surface area contributed by atoms with Crippen molar-refractivity contribution < 1.29 is 14.3 Å². The highest BCUT2D eigenvalue weighted by Gasteiger charge is 2.56. The van der Waals surface area contributed by atoms with E-state index in [9.17, 15) is 14.9 Å². The molecule has 33 heavy (non-hydrogen) atoms. The summed E-state index contributed by atoms with van der Waals surface area (Å²) in [5.74, 6) is 1.000. The minimum absolute atomic E-state index is 0.0367. The zero-order chi connectivity index (χ0) is 23.0. The second kappa shape index (κ2) is 8.45. The molecule has 0 radical (unpaired) electrons. The maximum absolute atomic E-state index is 13.1. The van der Waals surface area contributed by atoms with Gasteiger partial charge in [-0.25, -0.2) is 9.97 Å². The average molecular weight is 447 g/mol. The lowest BCUT2D eigenvalue weighted by Gasteiger charge is -2.21. The molecule has 2 atom stereocenters. The van der Waals surface area contributed by atoms with E-state index in [1.165, 1.54) is 0 Å². The summed E-state index contributed by atoms with van der Waals surface area (Å²) < 4.78 is 5.31. The summed E-state index contributed by atoms with van der Waals surface area (Å²) in [4.78, 5) is 36.0. The standard InChI is InChI=1S/C24H26N6O3/c1-15-10-20(27-12-19(15)22(31)28-17-5-9-33-13-17)29-21-11-18(4-7-26-21)30-8-6-24(14-25,23(30)32)16-2-3-16/h4,7,10-12,16-17H,2-3,5-6,8-9,13H2,1H3,(H,28,31)(H,26,27,29)/t17-,24+/m0/s1. The SMILES string of the molecule is Cc1cc(Nc2cc(N3CC[C@@](C#N)(C4CC4)C3=O)ccn2)ncc1C(=O)N[C@H]1CCOC1. The van der Waals surface area contributed by atoms with Gasteiger partial charge in [-0.15, -0.1) is 0 Å². The second-order valence-corrected chi connectivity index (χ2v) is 9.01. The van der Waals surface area contributed by atoms with E-state index in [4.69, 9.17) is 4.74 Å². The molecule has 2 aromatic heterocycles. The van der Waals surface area contributed by atoms with Crippen molar-refractivity contribution in [2.24, 2.45) is 11.3 Å². The fourth-order valence-electron chi connectivity index (χ4n) is 4.69. The zero-order valence-electron chi connectivity index (χ0n) is 18.5. The summed E-state index contributed by atoms with van der Waals surface area (Å²) >= 11 is 0. The molecule has 3 aliphatic rings. The van der Waals surface area contributed by atoms with Gasteiger partial charge >= 0.3 is 0 Å². The zero-order valence-corrected chi connectivity index (χ0v) is 18.5. The van der Waals surface area contributed by atoms with Gasteiger partial charge in [-0.3, -0.25) is 9.59 Å². The molecule has 2 aromatic rings. The molecular formula is C24H26N6O3. The molecule has 2 aliphatic heterocycles. The number of hydrogen-bond acceptors (Lipinski definition) is 7. The molecular weight excluding hydrogens is 420 g/mol. The van der Waals surface area contributed by atoms with Crippen molar-refractivity contribution in [1.29, 1.82) is 5.26 Å². The third-order valence-corrected chi connectivity index (χ3v) is 6.76. The van der Waals surface area contributed by atoms with Gasteiger partial charge in [0.2, 0.25) is 5.91 Å². The Morgan fingerprint density at radius 3 is 2.79 bits per heavy atom. The summed E-state index contributed by atoms with van der Waals surface area (Å²) in [6.07, 6.45) is 6.46. The number of aromatic nitrogens is 2. The molecule has 0 unspecified atom stereocenters. The van der Waals surface area contributed by atoms with E-state index in [1.54, 1.807) is 35.5 Å². The summed E-state index contributed by atoms with van der Waals surface area (Å²) in [7, 11) is 0. The van der Waals surface area contributed by atoms with Gasteiger partial charge < -0.3 is 20.3 Å². The molecule has 1 saturated carbocycles. The van der Waals surface area contributed by atoms with Crippen molar-refractivity contribution in [3.8, 4) is 6.07 Å². The van der Waals surface area contributed by atoms with E-state index in [0.717, 1.165) is 24.8 Å². The van der Waals surface area contributed by atoms with Crippen LogP contribution in [0.15, 0.2) is 30.6 Å². The van der Waals surface area contributed by atoms with Crippen LogP contribution in [-0.4, -0.2) is 47.6 Å². The molecule has 2 amide bonds. The van der Waals surface area contributed by atoms with Crippen LogP contribution in [-0.2, 0) is 9.53 Å². The Morgan fingerprint density at radius 1 is 1.27 bits per heavy atom. The Kier molecular flexibility index (Phi) is 5.46. The number of nitriles is 1. The molecule has 2 saturated heterocycles. The van der Waals surface area contributed by atoms with Gasteiger partial charge in [-0.2, -0.15) is 5.26 Å². The van der Waals surface area contributed by atoms with Crippen molar-refractivity contribution in [2.45, 2.75) is 38.6 Å². The number of nitrogens with one attached hydrogen (secondary N) is 2. The van der Waals surface area contributed by atoms with Crippen LogP contribution < -0.4 is 15.5 Å². The van der Waals surface area contributed by atoms with E-state index in [1.807, 2.05) is 6.92 Å². The first-order chi connectivity index (χ1) is 16.0. The van der Waals surface area contributed by atoms with Gasteiger partial charge in [-0.1, -0.05) is 0 Å². The number of aryl methyl sites for hydroxylation is 1. The molecule has 9 nitrogen and oxygen atoms in total.